The number of carboxylic acids is 1. The van der Waals surface area contributed by atoms with Crippen molar-refractivity contribution in [3.05, 3.63) is 77.2 Å². The van der Waals surface area contributed by atoms with Gasteiger partial charge in [-0.25, -0.2) is 4.39 Å². The number of nitrogens with one attached hydrogen (secondary N) is 1. The smallest absolute Gasteiger partial charge is 0.305 e. The molecule has 3 aromatic rings. The second-order valence-electron chi connectivity index (χ2n) is 10.1. The summed E-state index contributed by atoms with van der Waals surface area (Å²) in [6, 6.07) is 13.6. The molecule has 0 saturated carbocycles. The summed E-state index contributed by atoms with van der Waals surface area (Å²) in [5, 5.41) is 27.2. The van der Waals surface area contributed by atoms with Crippen LogP contribution >= 0.6 is 0 Å². The van der Waals surface area contributed by atoms with Crippen molar-refractivity contribution in [2.45, 2.75) is 52.7 Å². The van der Waals surface area contributed by atoms with Gasteiger partial charge >= 0.3 is 5.97 Å². The van der Waals surface area contributed by atoms with Crippen LogP contribution in [0.5, 0.6) is 5.88 Å². The van der Waals surface area contributed by atoms with Crippen LogP contribution in [-0.4, -0.2) is 44.1 Å². The molecule has 192 valence electrons. The first-order valence-corrected chi connectivity index (χ1v) is 11.6. The summed E-state index contributed by atoms with van der Waals surface area (Å²) in [6.45, 7) is 8.97. The molecule has 0 spiro atoms. The van der Waals surface area contributed by atoms with Crippen LogP contribution in [0.15, 0.2) is 54.6 Å². The van der Waals surface area contributed by atoms with Crippen molar-refractivity contribution >= 4 is 11.9 Å². The number of aliphatic hydroxyl groups is 1. The van der Waals surface area contributed by atoms with Crippen LogP contribution in [0.2, 0.25) is 0 Å². The minimum Gasteiger partial charge on any atom is -0.481 e. The molecule has 3 N–H and O–H groups in total. The molecule has 2 atom stereocenters. The largest absolute Gasteiger partial charge is 0.481 e. The second kappa shape index (κ2) is 10.5. The summed E-state index contributed by atoms with van der Waals surface area (Å²) in [7, 11) is 0. The fourth-order valence-electron chi connectivity index (χ4n) is 3.26. The molecule has 3 rings (SSSR count). The molecule has 36 heavy (non-hydrogen) atoms. The van der Waals surface area contributed by atoms with Gasteiger partial charge in [-0.3, -0.25) is 9.59 Å². The highest BCUT2D eigenvalue weighted by Crippen LogP contribution is 2.31. The van der Waals surface area contributed by atoms with E-state index in [1.54, 1.807) is 25.1 Å². The third-order valence-corrected chi connectivity index (χ3v) is 6.27. The molecule has 0 aliphatic rings. The van der Waals surface area contributed by atoms with Crippen molar-refractivity contribution in [3.63, 3.8) is 0 Å². The molecule has 2 aromatic carbocycles. The summed E-state index contributed by atoms with van der Waals surface area (Å²) < 4.78 is 21.6. The van der Waals surface area contributed by atoms with Crippen LogP contribution in [0, 0.1) is 18.2 Å². The summed E-state index contributed by atoms with van der Waals surface area (Å²) >= 11 is 0. The van der Waals surface area contributed by atoms with Crippen LogP contribution in [0.4, 0.5) is 4.39 Å². The first kappa shape index (κ1) is 26.9. The van der Waals surface area contributed by atoms with Gasteiger partial charge in [-0.1, -0.05) is 62.7 Å². The third-order valence-electron chi connectivity index (χ3n) is 6.27. The molecule has 0 bridgehead atoms. The van der Waals surface area contributed by atoms with Crippen LogP contribution in [-0.2, 0) is 4.79 Å². The van der Waals surface area contributed by atoms with E-state index in [9.17, 15) is 24.2 Å². The SMILES string of the molecule is Cc1ccc([C@H](CC(=O)O)NC(=O)c2cc(OC[C@@](C)(O)C(C)(C)C)n(-c3ccccc3F)n2)cc1. The number of carboxylic acid groups (broad SMARTS) is 1. The van der Waals surface area contributed by atoms with E-state index < -0.39 is 34.8 Å². The van der Waals surface area contributed by atoms with E-state index in [0.717, 1.165) is 10.2 Å². The van der Waals surface area contributed by atoms with Crippen molar-refractivity contribution in [1.82, 2.24) is 15.1 Å². The molecule has 0 aliphatic carbocycles. The molecule has 1 aromatic heterocycles. The molecular formula is C27H32FN3O5. The number of hydrogen-bond acceptors (Lipinski definition) is 5. The fraction of sp³-hybridized carbons (Fsp3) is 0.370. The number of rotatable bonds is 9. The van der Waals surface area contributed by atoms with Gasteiger partial charge in [0.1, 0.15) is 23.7 Å². The summed E-state index contributed by atoms with van der Waals surface area (Å²) in [4.78, 5) is 24.6. The first-order chi connectivity index (χ1) is 16.8. The number of nitrogens with zero attached hydrogens (tertiary/aromatic N) is 2. The van der Waals surface area contributed by atoms with Crippen molar-refractivity contribution in [1.29, 1.82) is 0 Å². The highest BCUT2D eigenvalue weighted by atomic mass is 19.1. The number of carbonyl (C=O) groups excluding carboxylic acids is 1. The van der Waals surface area contributed by atoms with E-state index in [4.69, 9.17) is 4.74 Å². The Morgan fingerprint density at radius 1 is 1.11 bits per heavy atom. The van der Waals surface area contributed by atoms with E-state index in [0.29, 0.717) is 5.56 Å². The topological polar surface area (TPSA) is 114 Å². The Kier molecular flexibility index (Phi) is 7.83. The number of hydrogen-bond donors (Lipinski definition) is 3. The molecule has 0 unspecified atom stereocenters. The lowest BCUT2D eigenvalue weighted by molar-refractivity contribution is -0.137. The average Bonchev–Trinajstić information content (AvgIpc) is 3.21. The zero-order valence-electron chi connectivity index (χ0n) is 21.1. The molecule has 8 nitrogen and oxygen atoms in total. The maximum absolute atomic E-state index is 14.6. The third kappa shape index (κ3) is 6.28. The van der Waals surface area contributed by atoms with Crippen LogP contribution in [0.1, 0.15) is 61.8 Å². The second-order valence-corrected chi connectivity index (χ2v) is 10.1. The quantitative estimate of drug-likeness (QED) is 0.403. The number of aliphatic carboxylic acids is 1. The molecule has 0 aliphatic heterocycles. The van der Waals surface area contributed by atoms with E-state index in [-0.39, 0.29) is 30.3 Å². The van der Waals surface area contributed by atoms with Crippen molar-refractivity contribution in [3.8, 4) is 11.6 Å². The Bertz CT molecular complexity index is 1230. The monoisotopic (exact) mass is 497 g/mol. The Morgan fingerprint density at radius 2 is 1.75 bits per heavy atom. The van der Waals surface area contributed by atoms with Gasteiger partial charge in [0, 0.05) is 6.07 Å². The van der Waals surface area contributed by atoms with Crippen LogP contribution < -0.4 is 10.1 Å². The van der Waals surface area contributed by atoms with Crippen LogP contribution in [0.25, 0.3) is 5.69 Å². The van der Waals surface area contributed by atoms with Gasteiger partial charge in [0.15, 0.2) is 5.69 Å². The van der Waals surface area contributed by atoms with Crippen molar-refractivity contribution < 1.29 is 28.9 Å². The van der Waals surface area contributed by atoms with Crippen molar-refractivity contribution in [2.24, 2.45) is 5.41 Å². The minimum atomic E-state index is -1.24. The number of ether oxygens (including phenoxy) is 1. The van der Waals surface area contributed by atoms with E-state index in [2.05, 4.69) is 10.4 Å². The average molecular weight is 498 g/mol. The number of carbonyl (C=O) groups is 2. The summed E-state index contributed by atoms with van der Waals surface area (Å²) in [5.74, 6) is -2.25. The van der Waals surface area contributed by atoms with Crippen molar-refractivity contribution in [2.75, 3.05) is 6.61 Å². The maximum Gasteiger partial charge on any atom is 0.305 e. The highest BCUT2D eigenvalue weighted by molar-refractivity contribution is 5.93. The lowest BCUT2D eigenvalue weighted by Crippen LogP contribution is -2.45. The molecular weight excluding hydrogens is 465 g/mol. The van der Waals surface area contributed by atoms with E-state index >= 15 is 0 Å². The Morgan fingerprint density at radius 3 is 2.33 bits per heavy atom. The first-order valence-electron chi connectivity index (χ1n) is 11.6. The lowest BCUT2D eigenvalue weighted by atomic mass is 9.78. The fourth-order valence-corrected chi connectivity index (χ4v) is 3.26. The summed E-state index contributed by atoms with van der Waals surface area (Å²) in [5.41, 5.74) is -0.168. The number of aryl methyl sites for hydroxylation is 1. The number of aromatic nitrogens is 2. The molecule has 1 amide bonds. The van der Waals surface area contributed by atoms with Gasteiger partial charge in [-0.05, 0) is 37.0 Å². The van der Waals surface area contributed by atoms with Gasteiger partial charge < -0.3 is 20.3 Å². The maximum atomic E-state index is 14.6. The molecule has 0 saturated heterocycles. The molecule has 1 heterocycles. The van der Waals surface area contributed by atoms with Gasteiger partial charge in [0.05, 0.1) is 12.5 Å². The van der Waals surface area contributed by atoms with E-state index in [1.165, 1.54) is 24.3 Å². The number of para-hydroxylation sites is 1. The zero-order chi connectivity index (χ0) is 26.7. The van der Waals surface area contributed by atoms with Gasteiger partial charge in [0.2, 0.25) is 5.88 Å². The van der Waals surface area contributed by atoms with Gasteiger partial charge in [0.25, 0.3) is 5.91 Å². The Balaban J connectivity index is 1.95. The zero-order valence-corrected chi connectivity index (χ0v) is 21.1. The molecule has 0 fully saturated rings. The number of halogens is 1. The van der Waals surface area contributed by atoms with E-state index in [1.807, 2.05) is 39.8 Å². The van der Waals surface area contributed by atoms with Gasteiger partial charge in [-0.15, -0.1) is 0 Å². The minimum absolute atomic E-state index is 0.0555. The van der Waals surface area contributed by atoms with Crippen LogP contribution in [0.3, 0.4) is 0 Å². The normalized spacial score (nSPS) is 14.1. The predicted molar refractivity (Wildman–Crippen MR) is 133 cm³/mol. The summed E-state index contributed by atoms with van der Waals surface area (Å²) in [6.07, 6.45) is -0.333. The Hall–Kier alpha value is -3.72. The molecule has 9 heteroatoms. The number of amides is 1. The number of benzene rings is 2. The Labute approximate surface area is 209 Å². The van der Waals surface area contributed by atoms with Gasteiger partial charge in [-0.2, -0.15) is 9.78 Å². The lowest BCUT2D eigenvalue weighted by Gasteiger charge is -2.36. The highest BCUT2D eigenvalue weighted by Gasteiger charge is 2.36. The molecule has 0 radical (unpaired) electrons. The standard InChI is InChI=1S/C27H32FN3O5/c1-17-10-12-18(13-11-17)20(15-24(32)33)29-25(34)21-14-23(36-16-27(5,35)26(2,3)4)31(30-21)22-9-7-6-8-19(22)28/h6-14,20,35H,15-16H2,1-5H3,(H,29,34)(H,32,33)/t20-,27+/m0/s1. The predicted octanol–water partition coefficient (Wildman–Crippen LogP) is 4.44.